The average molecular weight is 577 g/mol. The maximum atomic E-state index is 13.3. The summed E-state index contributed by atoms with van der Waals surface area (Å²) in [6, 6.07) is 17.4. The first-order valence-electron chi connectivity index (χ1n) is 14.3. The Kier molecular flexibility index (Phi) is 8.23. The molecule has 1 N–H and O–H groups in total. The molecule has 6 rings (SSSR count). The standard InChI is InChI=1S/C32H34F2N4O4/c1-40-27-14-23(15-28(42-32(33)34)30(27)31(39)36-24-9-10-24)26-17-35-29-16-25(11-13-38(26)29)41-20-22-8-5-12-37(19-22)18-21-6-3-2-4-7-21/h2-4,6-7,11,13-17,22,24,32H,5,8-10,12,18-20H2,1H3,(H,36,39)/t22-/m0/s1. The van der Waals surface area contributed by atoms with Crippen molar-refractivity contribution in [2.75, 3.05) is 26.8 Å². The van der Waals surface area contributed by atoms with Gasteiger partial charge in [-0.15, -0.1) is 0 Å². The van der Waals surface area contributed by atoms with E-state index in [1.54, 1.807) is 12.3 Å². The average Bonchev–Trinajstić information content (AvgIpc) is 3.70. The Balaban J connectivity index is 1.18. The van der Waals surface area contributed by atoms with E-state index < -0.39 is 12.5 Å². The maximum Gasteiger partial charge on any atom is 0.387 e. The largest absolute Gasteiger partial charge is 0.496 e. The summed E-state index contributed by atoms with van der Waals surface area (Å²) in [5.41, 5.74) is 3.06. The number of likely N-dealkylation sites (tertiary alicyclic amines) is 1. The molecule has 0 spiro atoms. The van der Waals surface area contributed by atoms with Gasteiger partial charge in [-0.3, -0.25) is 14.1 Å². The number of ether oxygens (including phenoxy) is 3. The highest BCUT2D eigenvalue weighted by atomic mass is 19.3. The second-order valence-corrected chi connectivity index (χ2v) is 11.0. The molecule has 1 amide bonds. The van der Waals surface area contributed by atoms with Crippen molar-refractivity contribution in [2.45, 2.75) is 44.9 Å². The summed E-state index contributed by atoms with van der Waals surface area (Å²) in [5.74, 6) is 0.542. The quantitative estimate of drug-likeness (QED) is 0.244. The second kappa shape index (κ2) is 12.4. The molecule has 1 aliphatic carbocycles. The van der Waals surface area contributed by atoms with Gasteiger partial charge in [0.1, 0.15) is 28.5 Å². The third kappa shape index (κ3) is 6.49. The first kappa shape index (κ1) is 28.0. The molecule has 1 aliphatic heterocycles. The highest BCUT2D eigenvalue weighted by molar-refractivity contribution is 6.01. The summed E-state index contributed by atoms with van der Waals surface area (Å²) in [5, 5.41) is 2.82. The smallest absolute Gasteiger partial charge is 0.387 e. The van der Waals surface area contributed by atoms with E-state index >= 15 is 0 Å². The Labute approximate surface area is 243 Å². The molecular weight excluding hydrogens is 542 g/mol. The fraction of sp³-hybridized carbons (Fsp3) is 0.375. The van der Waals surface area contributed by atoms with Crippen molar-refractivity contribution in [1.29, 1.82) is 0 Å². The number of nitrogens with one attached hydrogen (secondary N) is 1. The van der Waals surface area contributed by atoms with Gasteiger partial charge in [0.2, 0.25) is 0 Å². The van der Waals surface area contributed by atoms with Gasteiger partial charge in [-0.25, -0.2) is 4.98 Å². The number of carbonyl (C=O) groups is 1. The molecule has 2 fully saturated rings. The van der Waals surface area contributed by atoms with E-state index in [9.17, 15) is 13.6 Å². The van der Waals surface area contributed by atoms with Crippen LogP contribution in [0.4, 0.5) is 8.78 Å². The molecule has 1 saturated heterocycles. The fourth-order valence-corrected chi connectivity index (χ4v) is 5.55. The molecule has 0 bridgehead atoms. The number of hydrogen-bond acceptors (Lipinski definition) is 6. The predicted octanol–water partition coefficient (Wildman–Crippen LogP) is 5.79. The molecule has 3 heterocycles. The van der Waals surface area contributed by atoms with Crippen LogP contribution in [0.15, 0.2) is 67.0 Å². The number of rotatable bonds is 11. The zero-order chi connectivity index (χ0) is 29.1. The molecule has 0 unspecified atom stereocenters. The van der Waals surface area contributed by atoms with Gasteiger partial charge in [-0.2, -0.15) is 8.78 Å². The van der Waals surface area contributed by atoms with Crippen LogP contribution in [0.25, 0.3) is 16.9 Å². The Bertz CT molecular complexity index is 1540. The minimum Gasteiger partial charge on any atom is -0.496 e. The molecule has 220 valence electrons. The van der Waals surface area contributed by atoms with Gasteiger partial charge >= 0.3 is 6.61 Å². The summed E-state index contributed by atoms with van der Waals surface area (Å²) in [6.45, 7) is 0.542. The van der Waals surface area contributed by atoms with Crippen LogP contribution in [0, 0.1) is 5.92 Å². The Morgan fingerprint density at radius 2 is 1.90 bits per heavy atom. The van der Waals surface area contributed by atoms with Crippen molar-refractivity contribution in [2.24, 2.45) is 5.92 Å². The summed E-state index contributed by atoms with van der Waals surface area (Å²) in [7, 11) is 1.39. The highest BCUT2D eigenvalue weighted by Crippen LogP contribution is 2.37. The third-order valence-electron chi connectivity index (χ3n) is 7.76. The number of nitrogens with zero attached hydrogens (tertiary/aromatic N) is 3. The van der Waals surface area contributed by atoms with Gasteiger partial charge in [0.05, 0.1) is 25.6 Å². The van der Waals surface area contributed by atoms with Crippen molar-refractivity contribution in [3.05, 3.63) is 78.1 Å². The van der Waals surface area contributed by atoms with E-state index in [1.807, 2.05) is 28.8 Å². The van der Waals surface area contributed by atoms with Crippen molar-refractivity contribution in [3.8, 4) is 28.5 Å². The van der Waals surface area contributed by atoms with Gasteiger partial charge in [0.25, 0.3) is 5.91 Å². The fourth-order valence-electron chi connectivity index (χ4n) is 5.55. The number of aromatic nitrogens is 2. The third-order valence-corrected chi connectivity index (χ3v) is 7.76. The van der Waals surface area contributed by atoms with Crippen LogP contribution in [0.3, 0.4) is 0 Å². The van der Waals surface area contributed by atoms with Gasteiger partial charge in [0.15, 0.2) is 0 Å². The molecule has 8 nitrogen and oxygen atoms in total. The van der Waals surface area contributed by atoms with E-state index in [1.165, 1.54) is 18.7 Å². The number of methoxy groups -OCH3 is 1. The van der Waals surface area contributed by atoms with Crippen LogP contribution < -0.4 is 19.5 Å². The van der Waals surface area contributed by atoms with Gasteiger partial charge < -0.3 is 19.5 Å². The molecule has 1 atom stereocenters. The number of fused-ring (bicyclic) bond motifs is 1. The Hall–Kier alpha value is -4.18. The molecule has 2 aromatic heterocycles. The van der Waals surface area contributed by atoms with Crippen LogP contribution in [0.2, 0.25) is 0 Å². The number of halogens is 2. The number of benzene rings is 2. The lowest BCUT2D eigenvalue weighted by Gasteiger charge is -2.32. The normalized spacial score (nSPS) is 17.4. The van der Waals surface area contributed by atoms with E-state index in [-0.39, 0.29) is 23.1 Å². The van der Waals surface area contributed by atoms with Crippen molar-refractivity contribution >= 4 is 11.6 Å². The van der Waals surface area contributed by atoms with Crippen LogP contribution >= 0.6 is 0 Å². The Morgan fingerprint density at radius 1 is 1.10 bits per heavy atom. The molecular formula is C32H34F2N4O4. The molecule has 4 aromatic rings. The minimum absolute atomic E-state index is 0.0443. The number of imidazole rings is 1. The van der Waals surface area contributed by atoms with E-state index in [2.05, 4.69) is 39.5 Å². The number of carbonyl (C=O) groups excluding carboxylic acids is 1. The van der Waals surface area contributed by atoms with Crippen molar-refractivity contribution < 1.29 is 27.8 Å². The lowest BCUT2D eigenvalue weighted by Crippen LogP contribution is -2.37. The highest BCUT2D eigenvalue weighted by Gasteiger charge is 2.29. The van der Waals surface area contributed by atoms with E-state index in [4.69, 9.17) is 14.2 Å². The summed E-state index contributed by atoms with van der Waals surface area (Å²) in [4.78, 5) is 19.9. The van der Waals surface area contributed by atoms with E-state index in [0.29, 0.717) is 35.2 Å². The van der Waals surface area contributed by atoms with Crippen LogP contribution in [0.5, 0.6) is 17.2 Å². The van der Waals surface area contributed by atoms with Crippen LogP contribution in [-0.4, -0.2) is 59.7 Å². The SMILES string of the molecule is COc1cc(-c2cnc3cc(OC[C@H]4CCCN(Cc5ccccc5)C4)ccn23)cc(OC(F)F)c1C(=O)NC1CC1. The number of amides is 1. The second-order valence-electron chi connectivity index (χ2n) is 11.0. The molecule has 42 heavy (non-hydrogen) atoms. The first-order valence-corrected chi connectivity index (χ1v) is 14.3. The molecule has 10 heteroatoms. The molecule has 0 radical (unpaired) electrons. The topological polar surface area (TPSA) is 77.3 Å². The monoisotopic (exact) mass is 576 g/mol. The summed E-state index contributed by atoms with van der Waals surface area (Å²) >= 11 is 0. The van der Waals surface area contributed by atoms with Gasteiger partial charge in [-0.05, 0) is 56.0 Å². The van der Waals surface area contributed by atoms with Gasteiger partial charge in [-0.1, -0.05) is 30.3 Å². The molecule has 2 aliphatic rings. The molecule has 1 saturated carbocycles. The Morgan fingerprint density at radius 3 is 2.67 bits per heavy atom. The summed E-state index contributed by atoms with van der Waals surface area (Å²) in [6.07, 6.45) is 7.47. The number of hydrogen-bond donors (Lipinski definition) is 1. The van der Waals surface area contributed by atoms with Crippen LogP contribution in [0.1, 0.15) is 41.6 Å². The van der Waals surface area contributed by atoms with Crippen LogP contribution in [-0.2, 0) is 6.54 Å². The molecule has 2 aromatic carbocycles. The first-order chi connectivity index (χ1) is 20.5. The predicted molar refractivity (Wildman–Crippen MR) is 154 cm³/mol. The van der Waals surface area contributed by atoms with Crippen molar-refractivity contribution in [1.82, 2.24) is 19.6 Å². The number of pyridine rings is 1. The maximum absolute atomic E-state index is 13.3. The zero-order valence-corrected chi connectivity index (χ0v) is 23.5. The zero-order valence-electron chi connectivity index (χ0n) is 23.5. The van der Waals surface area contributed by atoms with Crippen molar-refractivity contribution in [3.63, 3.8) is 0 Å². The number of alkyl halides is 2. The van der Waals surface area contributed by atoms with E-state index in [0.717, 1.165) is 45.3 Å². The minimum atomic E-state index is -3.10. The lowest BCUT2D eigenvalue weighted by molar-refractivity contribution is -0.0502. The lowest BCUT2D eigenvalue weighted by atomic mass is 9.98. The number of piperidine rings is 1. The van der Waals surface area contributed by atoms with Gasteiger partial charge in [0, 0.05) is 42.9 Å². The summed E-state index contributed by atoms with van der Waals surface area (Å²) < 4.78 is 45.0.